The van der Waals surface area contributed by atoms with Crippen LogP contribution in [0, 0.1) is 0 Å². The molecule has 2 aromatic rings. The number of halogens is 1. The molecule has 2 heterocycles. The fourth-order valence-corrected chi connectivity index (χ4v) is 2.82. The maximum atomic E-state index is 12.4. The summed E-state index contributed by atoms with van der Waals surface area (Å²) in [6.45, 7) is 2.29. The summed E-state index contributed by atoms with van der Waals surface area (Å²) in [5, 5.41) is 3.48. The number of hydrogen-bond donors (Lipinski definition) is 2. The Labute approximate surface area is 145 Å². The third kappa shape index (κ3) is 3.89. The lowest BCUT2D eigenvalue weighted by Crippen LogP contribution is -2.39. The van der Waals surface area contributed by atoms with Gasteiger partial charge in [-0.25, -0.2) is 4.79 Å². The Balaban J connectivity index is 1.57. The highest BCUT2D eigenvalue weighted by Crippen LogP contribution is 2.15. The van der Waals surface area contributed by atoms with Crippen molar-refractivity contribution in [3.63, 3.8) is 0 Å². The maximum Gasteiger partial charge on any atom is 0.321 e. The molecule has 2 N–H and O–H groups in total. The number of aromatic amines is 1. The SMILES string of the molecule is O=C(Nc1ccc(Cl)cc1)N1CCCN(C(=O)c2ccc[nH]2)CC1. The smallest absolute Gasteiger partial charge is 0.321 e. The molecular formula is C17H19ClN4O2. The molecule has 1 aromatic heterocycles. The van der Waals surface area contributed by atoms with Crippen molar-refractivity contribution < 1.29 is 9.59 Å². The highest BCUT2D eigenvalue weighted by atomic mass is 35.5. The second-order valence-electron chi connectivity index (χ2n) is 5.65. The molecule has 1 aromatic carbocycles. The lowest BCUT2D eigenvalue weighted by molar-refractivity contribution is 0.0757. The Kier molecular flexibility index (Phi) is 5.05. The summed E-state index contributed by atoms with van der Waals surface area (Å²) in [5.74, 6) is -0.0278. The maximum absolute atomic E-state index is 12.4. The van der Waals surface area contributed by atoms with Gasteiger partial charge in [0.2, 0.25) is 0 Å². The fraction of sp³-hybridized carbons (Fsp3) is 0.294. The van der Waals surface area contributed by atoms with Crippen molar-refractivity contribution >= 4 is 29.2 Å². The molecule has 1 saturated heterocycles. The van der Waals surface area contributed by atoms with Gasteiger partial charge >= 0.3 is 6.03 Å². The summed E-state index contributed by atoms with van der Waals surface area (Å²) in [4.78, 5) is 31.2. The molecule has 3 amide bonds. The van der Waals surface area contributed by atoms with E-state index in [2.05, 4.69) is 10.3 Å². The molecule has 126 valence electrons. The predicted octanol–water partition coefficient (Wildman–Crippen LogP) is 3.05. The Bertz CT molecular complexity index is 700. The number of carbonyl (C=O) groups is 2. The van der Waals surface area contributed by atoms with Crippen molar-refractivity contribution in [1.82, 2.24) is 14.8 Å². The predicted molar refractivity (Wildman–Crippen MR) is 93.4 cm³/mol. The molecule has 0 unspecified atom stereocenters. The molecule has 1 aliphatic heterocycles. The summed E-state index contributed by atoms with van der Waals surface area (Å²) in [6.07, 6.45) is 2.48. The van der Waals surface area contributed by atoms with Gasteiger partial charge in [-0.05, 0) is 42.8 Å². The van der Waals surface area contributed by atoms with Gasteiger partial charge in [-0.15, -0.1) is 0 Å². The third-order valence-corrected chi connectivity index (χ3v) is 4.25. The standard InChI is InChI=1S/C17H19ClN4O2/c18-13-4-6-14(7-5-13)20-17(24)22-10-2-9-21(11-12-22)16(23)15-3-1-8-19-15/h1,3-8,19H,2,9-12H2,(H,20,24). The quantitative estimate of drug-likeness (QED) is 0.877. The van der Waals surface area contributed by atoms with Crippen LogP contribution in [0.5, 0.6) is 0 Å². The van der Waals surface area contributed by atoms with E-state index in [0.717, 1.165) is 6.42 Å². The molecule has 1 aliphatic rings. The average Bonchev–Trinajstić information content (AvgIpc) is 3.00. The molecule has 6 nitrogen and oxygen atoms in total. The highest BCUT2D eigenvalue weighted by molar-refractivity contribution is 6.30. The monoisotopic (exact) mass is 346 g/mol. The summed E-state index contributed by atoms with van der Waals surface area (Å²) in [7, 11) is 0. The first-order chi connectivity index (χ1) is 11.6. The van der Waals surface area contributed by atoms with Crippen LogP contribution < -0.4 is 5.32 Å². The first kappa shape index (κ1) is 16.4. The number of H-pyrrole nitrogens is 1. The fourth-order valence-electron chi connectivity index (χ4n) is 2.69. The van der Waals surface area contributed by atoms with Crippen LogP contribution in [-0.4, -0.2) is 52.9 Å². The zero-order chi connectivity index (χ0) is 16.9. The summed E-state index contributed by atoms with van der Waals surface area (Å²) >= 11 is 5.84. The van der Waals surface area contributed by atoms with Gasteiger partial charge in [0, 0.05) is 43.1 Å². The topological polar surface area (TPSA) is 68.4 Å². The van der Waals surface area contributed by atoms with Crippen molar-refractivity contribution in [3.05, 3.63) is 53.3 Å². The van der Waals surface area contributed by atoms with E-state index in [1.54, 1.807) is 52.4 Å². The number of urea groups is 1. The normalized spacial score (nSPS) is 15.0. The number of nitrogens with zero attached hydrogens (tertiary/aromatic N) is 2. The molecule has 0 atom stereocenters. The minimum absolute atomic E-state index is 0.0278. The van der Waals surface area contributed by atoms with Crippen LogP contribution in [0.3, 0.4) is 0 Å². The zero-order valence-corrected chi connectivity index (χ0v) is 13.9. The number of hydrogen-bond acceptors (Lipinski definition) is 2. The lowest BCUT2D eigenvalue weighted by Gasteiger charge is -2.22. The molecular weight excluding hydrogens is 328 g/mol. The van der Waals surface area contributed by atoms with Crippen molar-refractivity contribution in [1.29, 1.82) is 0 Å². The van der Waals surface area contributed by atoms with Crippen molar-refractivity contribution in [2.24, 2.45) is 0 Å². The summed E-state index contributed by atoms with van der Waals surface area (Å²) < 4.78 is 0. The number of carbonyl (C=O) groups excluding carboxylic acids is 2. The van der Waals surface area contributed by atoms with E-state index in [1.165, 1.54) is 0 Å². The van der Waals surface area contributed by atoms with Crippen LogP contribution in [0.4, 0.5) is 10.5 Å². The Morgan fingerprint density at radius 2 is 1.71 bits per heavy atom. The van der Waals surface area contributed by atoms with Gasteiger partial charge in [-0.1, -0.05) is 11.6 Å². The molecule has 24 heavy (non-hydrogen) atoms. The van der Waals surface area contributed by atoms with Crippen molar-refractivity contribution in [2.45, 2.75) is 6.42 Å². The van der Waals surface area contributed by atoms with E-state index < -0.39 is 0 Å². The summed E-state index contributed by atoms with van der Waals surface area (Å²) in [5.41, 5.74) is 1.28. The van der Waals surface area contributed by atoms with E-state index in [-0.39, 0.29) is 11.9 Å². The molecule has 0 saturated carbocycles. The van der Waals surface area contributed by atoms with Gasteiger partial charge in [0.1, 0.15) is 5.69 Å². The van der Waals surface area contributed by atoms with Crippen molar-refractivity contribution in [3.8, 4) is 0 Å². The van der Waals surface area contributed by atoms with E-state index >= 15 is 0 Å². The Morgan fingerprint density at radius 1 is 1.00 bits per heavy atom. The van der Waals surface area contributed by atoms with Gasteiger partial charge in [0.05, 0.1) is 0 Å². The minimum atomic E-state index is -0.161. The molecule has 0 aliphatic carbocycles. The molecule has 1 fully saturated rings. The number of benzene rings is 1. The first-order valence-electron chi connectivity index (χ1n) is 7.87. The number of rotatable bonds is 2. The van der Waals surface area contributed by atoms with Crippen LogP contribution in [0.1, 0.15) is 16.9 Å². The van der Waals surface area contributed by atoms with E-state index in [4.69, 9.17) is 11.6 Å². The van der Waals surface area contributed by atoms with Crippen LogP contribution in [0.2, 0.25) is 5.02 Å². The largest absolute Gasteiger partial charge is 0.357 e. The number of amides is 3. The summed E-state index contributed by atoms with van der Waals surface area (Å²) in [6, 6.07) is 10.4. The first-order valence-corrected chi connectivity index (χ1v) is 8.25. The van der Waals surface area contributed by atoms with Gasteiger partial charge < -0.3 is 20.1 Å². The molecule has 0 spiro atoms. The van der Waals surface area contributed by atoms with Crippen molar-refractivity contribution in [2.75, 3.05) is 31.5 Å². The van der Waals surface area contributed by atoms with Crippen LogP contribution in [0.25, 0.3) is 0 Å². The van der Waals surface area contributed by atoms with Gasteiger partial charge in [0.15, 0.2) is 0 Å². The minimum Gasteiger partial charge on any atom is -0.357 e. The van der Waals surface area contributed by atoms with Crippen LogP contribution >= 0.6 is 11.6 Å². The average molecular weight is 347 g/mol. The Hall–Kier alpha value is -2.47. The van der Waals surface area contributed by atoms with Gasteiger partial charge in [-0.2, -0.15) is 0 Å². The second-order valence-corrected chi connectivity index (χ2v) is 6.09. The molecule has 3 rings (SSSR count). The molecule has 7 heteroatoms. The van der Waals surface area contributed by atoms with Crippen LogP contribution in [-0.2, 0) is 0 Å². The number of nitrogens with one attached hydrogen (secondary N) is 2. The molecule has 0 radical (unpaired) electrons. The zero-order valence-electron chi connectivity index (χ0n) is 13.2. The van der Waals surface area contributed by atoms with Gasteiger partial charge in [0.25, 0.3) is 5.91 Å². The van der Waals surface area contributed by atoms with Crippen LogP contribution in [0.15, 0.2) is 42.6 Å². The molecule has 0 bridgehead atoms. The highest BCUT2D eigenvalue weighted by Gasteiger charge is 2.23. The third-order valence-electron chi connectivity index (χ3n) is 3.99. The number of aromatic nitrogens is 1. The van der Waals surface area contributed by atoms with Gasteiger partial charge in [-0.3, -0.25) is 4.79 Å². The Morgan fingerprint density at radius 3 is 2.42 bits per heavy atom. The lowest BCUT2D eigenvalue weighted by atomic mass is 10.3. The van der Waals surface area contributed by atoms with E-state index in [9.17, 15) is 9.59 Å². The second kappa shape index (κ2) is 7.40. The number of anilines is 1. The van der Waals surface area contributed by atoms with E-state index in [0.29, 0.717) is 42.6 Å². The van der Waals surface area contributed by atoms with E-state index in [1.807, 2.05) is 0 Å².